The second-order valence-electron chi connectivity index (χ2n) is 3.27. The number of rotatable bonds is 2. The molecule has 0 saturated carbocycles. The van der Waals surface area contributed by atoms with Gasteiger partial charge in [-0.1, -0.05) is 5.16 Å². The van der Waals surface area contributed by atoms with E-state index in [4.69, 9.17) is 5.41 Å². The van der Waals surface area contributed by atoms with Crippen LogP contribution < -0.4 is 10.0 Å². The molecular formula is C7H9F3N4O3S. The van der Waals surface area contributed by atoms with E-state index in [2.05, 4.69) is 9.68 Å². The van der Waals surface area contributed by atoms with Crippen molar-refractivity contribution in [1.29, 1.82) is 5.41 Å². The molecule has 0 aliphatic rings. The highest BCUT2D eigenvalue weighted by molar-refractivity contribution is 7.90. The van der Waals surface area contributed by atoms with Gasteiger partial charge in [-0.05, 0) is 13.8 Å². The van der Waals surface area contributed by atoms with Crippen LogP contribution in [-0.2, 0) is 10.0 Å². The van der Waals surface area contributed by atoms with Gasteiger partial charge in [0.05, 0.1) is 5.69 Å². The highest BCUT2D eigenvalue weighted by Crippen LogP contribution is 2.22. The van der Waals surface area contributed by atoms with Crippen LogP contribution in [0.4, 0.5) is 19.1 Å². The van der Waals surface area contributed by atoms with Crippen molar-refractivity contribution in [2.75, 3.05) is 5.32 Å². The zero-order valence-corrected chi connectivity index (χ0v) is 10.0. The van der Waals surface area contributed by atoms with Crippen molar-refractivity contribution in [3.05, 3.63) is 11.3 Å². The van der Waals surface area contributed by atoms with E-state index < -0.39 is 21.5 Å². The number of halogens is 3. The molecule has 3 N–H and O–H groups in total. The Kier molecular flexibility index (Phi) is 3.55. The summed E-state index contributed by atoms with van der Waals surface area (Å²) in [5.74, 6) is -1.20. The molecule has 0 atom stereocenters. The minimum Gasteiger partial charge on any atom is -0.338 e. The molecule has 7 nitrogen and oxygen atoms in total. The number of alkyl halides is 3. The lowest BCUT2D eigenvalue weighted by molar-refractivity contribution is -0.0442. The first kappa shape index (κ1) is 14.3. The van der Waals surface area contributed by atoms with Crippen LogP contribution in [0.2, 0.25) is 0 Å². The van der Waals surface area contributed by atoms with Crippen molar-refractivity contribution >= 4 is 21.9 Å². The Labute approximate surface area is 99.9 Å². The molecule has 0 unspecified atom stereocenters. The molecule has 0 spiro atoms. The molecule has 0 aromatic carbocycles. The van der Waals surface area contributed by atoms with Gasteiger partial charge in [-0.3, -0.25) is 10.7 Å². The molecule has 18 heavy (non-hydrogen) atoms. The second kappa shape index (κ2) is 4.48. The molecule has 1 aromatic rings. The van der Waals surface area contributed by atoms with E-state index >= 15 is 0 Å². The topological polar surface area (TPSA) is 108 Å². The molecule has 0 bridgehead atoms. The second-order valence-corrected chi connectivity index (χ2v) is 4.95. The lowest BCUT2D eigenvalue weighted by Gasteiger charge is -2.11. The van der Waals surface area contributed by atoms with Gasteiger partial charge in [0.25, 0.3) is 0 Å². The van der Waals surface area contributed by atoms with E-state index in [9.17, 15) is 21.6 Å². The van der Waals surface area contributed by atoms with Gasteiger partial charge >= 0.3 is 15.5 Å². The maximum atomic E-state index is 12.0. The number of nitrogens with one attached hydrogen (secondary N) is 3. The number of sulfonamides is 1. The third kappa shape index (κ3) is 2.91. The van der Waals surface area contributed by atoms with Gasteiger partial charge in [0, 0.05) is 5.56 Å². The summed E-state index contributed by atoms with van der Waals surface area (Å²) in [4.78, 5) is 0. The van der Waals surface area contributed by atoms with Crippen molar-refractivity contribution in [2.45, 2.75) is 19.4 Å². The quantitative estimate of drug-likeness (QED) is 0.557. The Morgan fingerprint density at radius 1 is 1.39 bits per heavy atom. The molecular weight excluding hydrogens is 277 g/mol. The largest absolute Gasteiger partial charge is 0.516 e. The van der Waals surface area contributed by atoms with E-state index in [0.29, 0.717) is 11.3 Å². The number of anilines is 1. The molecule has 0 radical (unpaired) electrons. The summed E-state index contributed by atoms with van der Waals surface area (Å²) in [7, 11) is -5.62. The van der Waals surface area contributed by atoms with Crippen LogP contribution in [0, 0.1) is 19.3 Å². The van der Waals surface area contributed by atoms with E-state index in [1.807, 2.05) is 5.32 Å². The van der Waals surface area contributed by atoms with Crippen molar-refractivity contribution in [2.24, 2.45) is 0 Å². The van der Waals surface area contributed by atoms with Gasteiger partial charge in [-0.25, -0.2) is 4.72 Å². The minimum atomic E-state index is -5.62. The Hall–Kier alpha value is -1.78. The van der Waals surface area contributed by atoms with Crippen LogP contribution in [0.1, 0.15) is 11.3 Å². The normalized spacial score (nSPS) is 12.3. The summed E-state index contributed by atoms with van der Waals surface area (Å²) in [5, 5.41) is 12.6. The molecule has 0 aliphatic carbocycles. The lowest BCUT2D eigenvalue weighted by Crippen LogP contribution is -2.42. The van der Waals surface area contributed by atoms with E-state index in [-0.39, 0.29) is 5.88 Å². The van der Waals surface area contributed by atoms with E-state index in [0.717, 1.165) is 4.72 Å². The lowest BCUT2D eigenvalue weighted by atomic mass is 10.3. The maximum Gasteiger partial charge on any atom is 0.516 e. The molecule has 0 fully saturated rings. The zero-order valence-electron chi connectivity index (χ0n) is 9.21. The molecule has 1 heterocycles. The number of hydrogen-bond donors (Lipinski definition) is 3. The maximum absolute atomic E-state index is 12.0. The van der Waals surface area contributed by atoms with E-state index in [1.54, 1.807) is 13.8 Å². The van der Waals surface area contributed by atoms with Crippen molar-refractivity contribution < 1.29 is 26.1 Å². The predicted octanol–water partition coefficient (Wildman–Crippen LogP) is 1.08. The molecule has 0 saturated heterocycles. The third-order valence-corrected chi connectivity index (χ3v) is 3.02. The average molecular weight is 286 g/mol. The number of aromatic nitrogens is 1. The summed E-state index contributed by atoms with van der Waals surface area (Å²) in [5.41, 5.74) is -4.58. The Morgan fingerprint density at radius 2 is 1.94 bits per heavy atom. The standard InChI is InChI=1S/C7H9F3N4O3S/c1-3-4(2)13-17-5(3)12-6(11)14-18(15,16)7(8,9)10/h1-2H3,(H3,11,12,14). The average Bonchev–Trinajstić information content (AvgIpc) is 2.47. The summed E-state index contributed by atoms with van der Waals surface area (Å²) in [6.07, 6.45) is 0. The van der Waals surface area contributed by atoms with Gasteiger partial charge in [-0.2, -0.15) is 21.6 Å². The van der Waals surface area contributed by atoms with Crippen LogP contribution in [0.25, 0.3) is 0 Å². The summed E-state index contributed by atoms with van der Waals surface area (Å²) >= 11 is 0. The first-order chi connectivity index (χ1) is 8.04. The van der Waals surface area contributed by atoms with Crippen LogP contribution >= 0.6 is 0 Å². The van der Waals surface area contributed by atoms with Crippen molar-refractivity contribution in [3.63, 3.8) is 0 Å². The van der Waals surface area contributed by atoms with Crippen LogP contribution in [0.3, 0.4) is 0 Å². The monoisotopic (exact) mass is 286 g/mol. The number of aryl methyl sites for hydroxylation is 1. The van der Waals surface area contributed by atoms with Crippen LogP contribution in [-0.4, -0.2) is 25.0 Å². The number of nitrogens with zero attached hydrogens (tertiary/aromatic N) is 1. The number of hydrogen-bond acceptors (Lipinski definition) is 5. The minimum absolute atomic E-state index is 0.109. The predicted molar refractivity (Wildman–Crippen MR) is 55.4 cm³/mol. The highest BCUT2D eigenvalue weighted by atomic mass is 32.2. The van der Waals surface area contributed by atoms with Crippen LogP contribution in [0.5, 0.6) is 0 Å². The van der Waals surface area contributed by atoms with Gasteiger partial charge in [0.2, 0.25) is 11.8 Å². The number of guanidine groups is 1. The van der Waals surface area contributed by atoms with Gasteiger partial charge < -0.3 is 4.52 Å². The molecule has 0 amide bonds. The Bertz CT molecular complexity index is 563. The summed E-state index contributed by atoms with van der Waals surface area (Å²) in [6.45, 7) is 3.12. The van der Waals surface area contributed by atoms with Gasteiger partial charge in [0.1, 0.15) is 0 Å². The first-order valence-electron chi connectivity index (χ1n) is 4.42. The zero-order chi connectivity index (χ0) is 14.1. The SMILES string of the molecule is Cc1noc(NC(=N)NS(=O)(=O)C(F)(F)F)c1C. The molecule has 102 valence electrons. The van der Waals surface area contributed by atoms with E-state index in [1.165, 1.54) is 0 Å². The molecule has 11 heteroatoms. The van der Waals surface area contributed by atoms with Gasteiger partial charge in [0.15, 0.2) is 0 Å². The van der Waals surface area contributed by atoms with Crippen molar-refractivity contribution in [3.8, 4) is 0 Å². The summed E-state index contributed by atoms with van der Waals surface area (Å²) in [6, 6.07) is 0. The van der Waals surface area contributed by atoms with Crippen molar-refractivity contribution in [1.82, 2.24) is 9.88 Å². The molecule has 0 aliphatic heterocycles. The fraction of sp³-hybridized carbons (Fsp3) is 0.429. The third-order valence-electron chi connectivity index (χ3n) is 1.94. The smallest absolute Gasteiger partial charge is 0.338 e. The Morgan fingerprint density at radius 3 is 2.33 bits per heavy atom. The fourth-order valence-corrected chi connectivity index (χ4v) is 1.30. The molecule has 1 rings (SSSR count). The fourth-order valence-electron chi connectivity index (χ4n) is 0.863. The molecule has 1 aromatic heterocycles. The summed E-state index contributed by atoms with van der Waals surface area (Å²) < 4.78 is 63.0. The highest BCUT2D eigenvalue weighted by Gasteiger charge is 2.46. The first-order valence-corrected chi connectivity index (χ1v) is 5.90. The van der Waals surface area contributed by atoms with Gasteiger partial charge in [-0.15, -0.1) is 0 Å². The van der Waals surface area contributed by atoms with Crippen LogP contribution in [0.15, 0.2) is 4.52 Å². The Balaban J connectivity index is 2.78.